The maximum atomic E-state index is 12.7. The van der Waals surface area contributed by atoms with Crippen molar-refractivity contribution in [3.05, 3.63) is 24.3 Å². The third-order valence-electron chi connectivity index (χ3n) is 6.06. The lowest BCUT2D eigenvalue weighted by molar-refractivity contribution is -0.907. The zero-order valence-corrected chi connectivity index (χ0v) is 16.2. The molecule has 0 bridgehead atoms. The summed E-state index contributed by atoms with van der Waals surface area (Å²) in [5.41, 5.74) is 1.13. The third kappa shape index (κ3) is 3.44. The van der Waals surface area contributed by atoms with Gasteiger partial charge in [0.25, 0.3) is 0 Å². The van der Waals surface area contributed by atoms with Gasteiger partial charge in [0, 0.05) is 11.7 Å². The molecule has 8 nitrogen and oxygen atoms in total. The molecule has 2 aliphatic heterocycles. The number of rotatable bonds is 5. The van der Waals surface area contributed by atoms with E-state index in [1.807, 2.05) is 24.3 Å². The molecule has 3 fully saturated rings. The van der Waals surface area contributed by atoms with Gasteiger partial charge in [-0.05, 0) is 37.1 Å². The highest BCUT2D eigenvalue weighted by Crippen LogP contribution is 2.27. The molecule has 0 spiro atoms. The Hall–Kier alpha value is -2.61. The fourth-order valence-corrected chi connectivity index (χ4v) is 4.40. The molecule has 0 unspecified atom stereocenters. The van der Waals surface area contributed by atoms with Gasteiger partial charge in [-0.2, -0.15) is 0 Å². The summed E-state index contributed by atoms with van der Waals surface area (Å²) < 4.78 is 5.20. The van der Waals surface area contributed by atoms with Crippen LogP contribution in [0.2, 0.25) is 0 Å². The molecule has 0 atom stereocenters. The quantitative estimate of drug-likeness (QED) is 0.573. The highest BCUT2D eigenvalue weighted by Gasteiger charge is 2.49. The highest BCUT2D eigenvalue weighted by molar-refractivity contribution is 6.44. The summed E-state index contributed by atoms with van der Waals surface area (Å²) >= 11 is 0. The van der Waals surface area contributed by atoms with Crippen molar-refractivity contribution < 1.29 is 24.0 Å². The molecule has 0 aromatic heterocycles. The van der Waals surface area contributed by atoms with E-state index in [0.29, 0.717) is 0 Å². The zero-order chi connectivity index (χ0) is 19.7. The van der Waals surface area contributed by atoms with E-state index in [-0.39, 0.29) is 12.7 Å². The standard InChI is InChI=1S/C20H26N4O4/c1-28-17-8-6-15(7-9-17)22-12-10-21(11-13-22)14-23-18(25)19(26)24(20(23)27)16-4-2-3-5-16/h6-9,16H,2-5,10-14H2,1H3/p+1. The number of piperazine rings is 1. The first-order chi connectivity index (χ1) is 13.6. The summed E-state index contributed by atoms with van der Waals surface area (Å²) in [5, 5.41) is 0. The van der Waals surface area contributed by atoms with Crippen LogP contribution in [0.3, 0.4) is 0 Å². The molecule has 1 saturated carbocycles. The molecule has 1 aliphatic carbocycles. The number of anilines is 1. The second kappa shape index (κ2) is 7.79. The number of amides is 4. The van der Waals surface area contributed by atoms with E-state index in [9.17, 15) is 14.4 Å². The molecule has 28 heavy (non-hydrogen) atoms. The molecule has 4 rings (SSSR count). The van der Waals surface area contributed by atoms with E-state index in [4.69, 9.17) is 4.74 Å². The largest absolute Gasteiger partial charge is 0.497 e. The maximum absolute atomic E-state index is 12.7. The lowest BCUT2D eigenvalue weighted by Gasteiger charge is -2.34. The van der Waals surface area contributed by atoms with Gasteiger partial charge in [-0.3, -0.25) is 14.5 Å². The molecule has 2 heterocycles. The topological polar surface area (TPSA) is 74.6 Å². The van der Waals surface area contributed by atoms with Crippen LogP contribution in [0.5, 0.6) is 5.75 Å². The Kier molecular flexibility index (Phi) is 5.21. The van der Waals surface area contributed by atoms with Crippen molar-refractivity contribution in [3.8, 4) is 5.75 Å². The summed E-state index contributed by atoms with van der Waals surface area (Å²) in [6.45, 7) is 3.54. The molecule has 150 valence electrons. The Morgan fingerprint density at radius 1 is 1.00 bits per heavy atom. The summed E-state index contributed by atoms with van der Waals surface area (Å²) in [5.74, 6) is -0.481. The molecular weight excluding hydrogens is 360 g/mol. The molecule has 1 aromatic rings. The van der Waals surface area contributed by atoms with Gasteiger partial charge in [0.05, 0.1) is 33.3 Å². The van der Waals surface area contributed by atoms with E-state index in [1.165, 1.54) is 4.90 Å². The van der Waals surface area contributed by atoms with Crippen molar-refractivity contribution in [2.45, 2.75) is 31.7 Å². The van der Waals surface area contributed by atoms with Crippen molar-refractivity contribution in [1.29, 1.82) is 0 Å². The lowest BCUT2D eigenvalue weighted by atomic mass is 10.2. The predicted octanol–water partition coefficient (Wildman–Crippen LogP) is 0.0910. The average Bonchev–Trinajstić information content (AvgIpc) is 3.32. The van der Waals surface area contributed by atoms with Crippen molar-refractivity contribution in [2.24, 2.45) is 0 Å². The van der Waals surface area contributed by atoms with E-state index in [2.05, 4.69) is 4.90 Å². The zero-order valence-electron chi connectivity index (χ0n) is 16.2. The van der Waals surface area contributed by atoms with Crippen molar-refractivity contribution >= 4 is 23.5 Å². The van der Waals surface area contributed by atoms with E-state index in [1.54, 1.807) is 7.11 Å². The third-order valence-corrected chi connectivity index (χ3v) is 6.06. The normalized spacial score (nSPS) is 21.9. The second-order valence-corrected chi connectivity index (χ2v) is 7.72. The average molecular weight is 387 g/mol. The van der Waals surface area contributed by atoms with Crippen LogP contribution in [0.15, 0.2) is 24.3 Å². The molecule has 3 aliphatic rings. The fraction of sp³-hybridized carbons (Fsp3) is 0.550. The number of hydrogen-bond donors (Lipinski definition) is 1. The van der Waals surface area contributed by atoms with Crippen LogP contribution >= 0.6 is 0 Å². The first kappa shape index (κ1) is 18.7. The summed E-state index contributed by atoms with van der Waals surface area (Å²) in [6, 6.07) is 7.44. The van der Waals surface area contributed by atoms with Gasteiger partial charge in [-0.15, -0.1) is 0 Å². The predicted molar refractivity (Wildman–Crippen MR) is 102 cm³/mol. The van der Waals surface area contributed by atoms with Gasteiger partial charge in [0.1, 0.15) is 5.75 Å². The Bertz CT molecular complexity index is 752. The number of methoxy groups -OCH3 is 1. The first-order valence-corrected chi connectivity index (χ1v) is 10.00. The maximum Gasteiger partial charge on any atom is 0.338 e. The van der Waals surface area contributed by atoms with E-state index >= 15 is 0 Å². The highest BCUT2D eigenvalue weighted by atomic mass is 16.5. The number of benzene rings is 1. The number of hydrogen-bond acceptors (Lipinski definition) is 5. The Labute approximate surface area is 164 Å². The lowest BCUT2D eigenvalue weighted by Crippen LogP contribution is -3.16. The molecule has 1 N–H and O–H groups in total. The molecule has 4 amide bonds. The first-order valence-electron chi connectivity index (χ1n) is 10.00. The summed E-state index contributed by atoms with van der Waals surface area (Å²) in [4.78, 5) is 43.2. The van der Waals surface area contributed by atoms with Crippen LogP contribution in [-0.2, 0) is 9.59 Å². The van der Waals surface area contributed by atoms with Gasteiger partial charge in [-0.1, -0.05) is 12.8 Å². The van der Waals surface area contributed by atoms with Gasteiger partial charge in [0.15, 0.2) is 6.67 Å². The van der Waals surface area contributed by atoms with Gasteiger partial charge in [-0.25, -0.2) is 9.69 Å². The van der Waals surface area contributed by atoms with E-state index < -0.39 is 17.8 Å². The number of urea groups is 1. The van der Waals surface area contributed by atoms with Crippen LogP contribution < -0.4 is 14.5 Å². The molecule has 2 saturated heterocycles. The number of ether oxygens (including phenoxy) is 1. The van der Waals surface area contributed by atoms with Crippen LogP contribution in [0, 0.1) is 0 Å². The molecule has 1 aromatic carbocycles. The minimum absolute atomic E-state index is 0.101. The van der Waals surface area contributed by atoms with Crippen LogP contribution in [0.1, 0.15) is 25.7 Å². The number of imide groups is 2. The number of carbonyl (C=O) groups is 3. The molecular formula is C20H27N4O4+. The Morgan fingerprint density at radius 2 is 1.64 bits per heavy atom. The van der Waals surface area contributed by atoms with Crippen molar-refractivity contribution in [3.63, 3.8) is 0 Å². The Morgan fingerprint density at radius 3 is 2.25 bits per heavy atom. The van der Waals surface area contributed by atoms with Gasteiger partial charge < -0.3 is 14.5 Å². The number of carbonyl (C=O) groups excluding carboxylic acids is 3. The summed E-state index contributed by atoms with van der Waals surface area (Å²) in [7, 11) is 1.65. The number of nitrogens with one attached hydrogen (secondary N) is 1. The SMILES string of the molecule is COc1ccc(N2CC[NH+](CN3C(=O)C(=O)N(C4CCCC4)C3=O)CC2)cc1. The fourth-order valence-electron chi connectivity index (χ4n) is 4.40. The minimum atomic E-state index is -0.665. The molecule has 0 radical (unpaired) electrons. The van der Waals surface area contributed by atoms with E-state index in [0.717, 1.165) is 73.1 Å². The van der Waals surface area contributed by atoms with Crippen molar-refractivity contribution in [1.82, 2.24) is 9.80 Å². The van der Waals surface area contributed by atoms with Gasteiger partial charge >= 0.3 is 17.8 Å². The number of nitrogens with zero attached hydrogens (tertiary/aromatic N) is 3. The smallest absolute Gasteiger partial charge is 0.338 e. The van der Waals surface area contributed by atoms with Crippen LogP contribution in [0.4, 0.5) is 10.5 Å². The number of quaternary nitrogens is 1. The van der Waals surface area contributed by atoms with Crippen LogP contribution in [-0.4, -0.2) is 73.6 Å². The summed E-state index contributed by atoms with van der Waals surface area (Å²) in [6.07, 6.45) is 3.64. The van der Waals surface area contributed by atoms with Gasteiger partial charge in [0.2, 0.25) is 0 Å². The second-order valence-electron chi connectivity index (χ2n) is 7.72. The van der Waals surface area contributed by atoms with Crippen molar-refractivity contribution in [2.75, 3.05) is 44.9 Å². The molecule has 8 heteroatoms. The minimum Gasteiger partial charge on any atom is -0.497 e. The Balaban J connectivity index is 1.34. The van der Waals surface area contributed by atoms with Crippen LogP contribution in [0.25, 0.3) is 0 Å². The monoisotopic (exact) mass is 387 g/mol.